The molecule has 166 valence electrons. The summed E-state index contributed by atoms with van der Waals surface area (Å²) in [4.78, 5) is 24.8. The summed E-state index contributed by atoms with van der Waals surface area (Å²) >= 11 is 0. The molecule has 1 aliphatic rings. The van der Waals surface area contributed by atoms with Crippen molar-refractivity contribution in [3.63, 3.8) is 0 Å². The Labute approximate surface area is 183 Å². The van der Waals surface area contributed by atoms with Gasteiger partial charge >= 0.3 is 0 Å². The number of methoxy groups -OCH3 is 2. The molecule has 2 aromatic carbocycles. The summed E-state index contributed by atoms with van der Waals surface area (Å²) < 4.78 is 16.8. The minimum atomic E-state index is -0.384. The van der Waals surface area contributed by atoms with Crippen molar-refractivity contribution in [1.82, 2.24) is 10.6 Å². The van der Waals surface area contributed by atoms with Crippen LogP contribution >= 0.6 is 0 Å². The van der Waals surface area contributed by atoms with Crippen molar-refractivity contribution in [3.05, 3.63) is 53.6 Å². The Balaban J connectivity index is 1.63. The van der Waals surface area contributed by atoms with Crippen LogP contribution in [0.4, 0.5) is 0 Å². The van der Waals surface area contributed by atoms with Crippen LogP contribution in [0.2, 0.25) is 0 Å². The molecule has 0 atom stereocenters. The van der Waals surface area contributed by atoms with Gasteiger partial charge in [-0.2, -0.15) is 0 Å². The maximum Gasteiger partial charge on any atom is 0.251 e. The van der Waals surface area contributed by atoms with Crippen LogP contribution in [-0.2, 0) is 11.4 Å². The Kier molecular flexibility index (Phi) is 8.15. The zero-order chi connectivity index (χ0) is 22.1. The van der Waals surface area contributed by atoms with Crippen molar-refractivity contribution in [2.45, 2.75) is 44.8 Å². The quantitative estimate of drug-likeness (QED) is 0.641. The van der Waals surface area contributed by atoms with Crippen LogP contribution in [-0.4, -0.2) is 38.6 Å². The van der Waals surface area contributed by atoms with E-state index >= 15 is 0 Å². The fourth-order valence-electron chi connectivity index (χ4n) is 3.67. The van der Waals surface area contributed by atoms with Crippen LogP contribution in [0.25, 0.3) is 0 Å². The number of carbonyl (C=O) groups is 2. The van der Waals surface area contributed by atoms with Crippen molar-refractivity contribution in [2.24, 2.45) is 0 Å². The summed E-state index contributed by atoms with van der Waals surface area (Å²) in [6.07, 6.45) is 5.49. The van der Waals surface area contributed by atoms with E-state index in [2.05, 4.69) is 10.6 Å². The smallest absolute Gasteiger partial charge is 0.251 e. The molecule has 0 aliphatic heterocycles. The standard InChI is InChI=1S/C24H30N2O5/c1-29-20-13-18(24(28)25-15-22(27)26-19-11-7-4-8-12-19)14-21(30-2)23(20)31-16-17-9-5-3-6-10-17/h3,5-6,9-10,13-14,19H,4,7-8,11-12,15-16H2,1-2H3,(H,25,28)(H,26,27). The first-order valence-electron chi connectivity index (χ1n) is 10.6. The van der Waals surface area contributed by atoms with Crippen molar-refractivity contribution in [3.8, 4) is 17.2 Å². The lowest BCUT2D eigenvalue weighted by molar-refractivity contribution is -0.121. The topological polar surface area (TPSA) is 85.9 Å². The lowest BCUT2D eigenvalue weighted by Gasteiger charge is -2.22. The summed E-state index contributed by atoms with van der Waals surface area (Å²) in [5, 5.41) is 5.65. The zero-order valence-electron chi connectivity index (χ0n) is 18.1. The molecule has 3 rings (SSSR count). The van der Waals surface area contributed by atoms with Gasteiger partial charge < -0.3 is 24.8 Å². The van der Waals surface area contributed by atoms with E-state index < -0.39 is 0 Å². The summed E-state index contributed by atoms with van der Waals surface area (Å²) in [5.74, 6) is 0.617. The first-order chi connectivity index (χ1) is 15.1. The minimum Gasteiger partial charge on any atom is -0.493 e. The number of nitrogens with one attached hydrogen (secondary N) is 2. The van der Waals surface area contributed by atoms with E-state index in [4.69, 9.17) is 14.2 Å². The molecule has 1 fully saturated rings. The van der Waals surface area contributed by atoms with Gasteiger partial charge in [0.15, 0.2) is 11.5 Å². The normalized spacial score (nSPS) is 13.9. The van der Waals surface area contributed by atoms with E-state index in [0.717, 1.165) is 31.2 Å². The summed E-state index contributed by atoms with van der Waals surface area (Å²) in [6, 6.07) is 13.1. The minimum absolute atomic E-state index is 0.0772. The third kappa shape index (κ3) is 6.38. The molecule has 0 unspecified atom stereocenters. The molecule has 31 heavy (non-hydrogen) atoms. The zero-order valence-corrected chi connectivity index (χ0v) is 18.1. The number of hydrogen-bond donors (Lipinski definition) is 2. The lowest BCUT2D eigenvalue weighted by Crippen LogP contribution is -2.42. The maximum absolute atomic E-state index is 12.6. The summed E-state index contributed by atoms with van der Waals surface area (Å²) in [7, 11) is 3.01. The van der Waals surface area contributed by atoms with Gasteiger partial charge in [-0.15, -0.1) is 0 Å². The monoisotopic (exact) mass is 426 g/mol. The number of ether oxygens (including phenoxy) is 3. The van der Waals surface area contributed by atoms with Crippen LogP contribution in [0.5, 0.6) is 17.2 Å². The van der Waals surface area contributed by atoms with E-state index in [1.54, 1.807) is 12.1 Å². The highest BCUT2D eigenvalue weighted by molar-refractivity contribution is 5.97. The number of carbonyl (C=O) groups excluding carboxylic acids is 2. The summed E-state index contributed by atoms with van der Waals surface area (Å²) in [6.45, 7) is 0.257. The molecule has 0 spiro atoms. The van der Waals surface area contributed by atoms with E-state index in [1.807, 2.05) is 30.3 Å². The van der Waals surface area contributed by atoms with Gasteiger partial charge in [0.2, 0.25) is 11.7 Å². The molecule has 0 bridgehead atoms. The van der Waals surface area contributed by atoms with Gasteiger partial charge in [0.05, 0.1) is 20.8 Å². The van der Waals surface area contributed by atoms with E-state index in [9.17, 15) is 9.59 Å². The molecule has 0 heterocycles. The van der Waals surface area contributed by atoms with Crippen molar-refractivity contribution < 1.29 is 23.8 Å². The second-order valence-electron chi connectivity index (χ2n) is 7.57. The van der Waals surface area contributed by atoms with Crippen molar-refractivity contribution in [1.29, 1.82) is 0 Å². The van der Waals surface area contributed by atoms with Crippen LogP contribution in [0.15, 0.2) is 42.5 Å². The molecule has 2 amide bonds. The predicted octanol–water partition coefficient (Wildman–Crippen LogP) is 3.46. The van der Waals surface area contributed by atoms with Gasteiger partial charge in [-0.1, -0.05) is 49.6 Å². The van der Waals surface area contributed by atoms with E-state index in [1.165, 1.54) is 20.6 Å². The van der Waals surface area contributed by atoms with Crippen LogP contribution in [0.1, 0.15) is 48.0 Å². The van der Waals surface area contributed by atoms with Crippen molar-refractivity contribution in [2.75, 3.05) is 20.8 Å². The highest BCUT2D eigenvalue weighted by Gasteiger charge is 2.19. The molecule has 0 saturated heterocycles. The second kappa shape index (κ2) is 11.2. The molecule has 1 aliphatic carbocycles. The number of amides is 2. The first-order valence-corrected chi connectivity index (χ1v) is 10.6. The molecule has 7 nitrogen and oxygen atoms in total. The molecule has 1 saturated carbocycles. The highest BCUT2D eigenvalue weighted by Crippen LogP contribution is 2.39. The molecule has 2 N–H and O–H groups in total. The average molecular weight is 427 g/mol. The SMILES string of the molecule is COc1cc(C(=O)NCC(=O)NC2CCCCC2)cc(OC)c1OCc1ccccc1. The summed E-state index contributed by atoms with van der Waals surface area (Å²) in [5.41, 5.74) is 1.32. The number of hydrogen-bond acceptors (Lipinski definition) is 5. The van der Waals surface area contributed by atoms with Gasteiger partial charge in [0.1, 0.15) is 6.61 Å². The third-order valence-corrected chi connectivity index (χ3v) is 5.33. The fourth-order valence-corrected chi connectivity index (χ4v) is 3.67. The largest absolute Gasteiger partial charge is 0.493 e. The third-order valence-electron chi connectivity index (χ3n) is 5.33. The van der Waals surface area contributed by atoms with Gasteiger partial charge in [0, 0.05) is 11.6 Å². The van der Waals surface area contributed by atoms with Gasteiger partial charge in [-0.05, 0) is 30.5 Å². The maximum atomic E-state index is 12.6. The predicted molar refractivity (Wildman–Crippen MR) is 118 cm³/mol. The Morgan fingerprint density at radius 2 is 1.61 bits per heavy atom. The molecular formula is C24H30N2O5. The van der Waals surface area contributed by atoms with Crippen LogP contribution in [0, 0.1) is 0 Å². The lowest BCUT2D eigenvalue weighted by atomic mass is 9.95. The molecule has 0 radical (unpaired) electrons. The fraction of sp³-hybridized carbons (Fsp3) is 0.417. The number of benzene rings is 2. The van der Waals surface area contributed by atoms with Gasteiger partial charge in [0.25, 0.3) is 5.91 Å². The number of rotatable bonds is 9. The average Bonchev–Trinajstić information content (AvgIpc) is 2.81. The molecule has 7 heteroatoms. The second-order valence-corrected chi connectivity index (χ2v) is 7.57. The van der Waals surface area contributed by atoms with E-state index in [-0.39, 0.29) is 24.4 Å². The first kappa shape index (κ1) is 22.5. The molecule has 0 aromatic heterocycles. The van der Waals surface area contributed by atoms with Crippen molar-refractivity contribution >= 4 is 11.8 Å². The van der Waals surface area contributed by atoms with Gasteiger partial charge in [-0.3, -0.25) is 9.59 Å². The Morgan fingerprint density at radius 3 is 2.23 bits per heavy atom. The Morgan fingerprint density at radius 1 is 0.968 bits per heavy atom. The highest BCUT2D eigenvalue weighted by atomic mass is 16.5. The Bertz CT molecular complexity index is 854. The van der Waals surface area contributed by atoms with Crippen LogP contribution < -0.4 is 24.8 Å². The Hall–Kier alpha value is -3.22. The van der Waals surface area contributed by atoms with Crippen LogP contribution in [0.3, 0.4) is 0 Å². The van der Waals surface area contributed by atoms with Gasteiger partial charge in [-0.25, -0.2) is 0 Å². The molecule has 2 aromatic rings. The van der Waals surface area contributed by atoms with E-state index in [0.29, 0.717) is 29.4 Å². The molecular weight excluding hydrogens is 396 g/mol.